The summed E-state index contributed by atoms with van der Waals surface area (Å²) >= 11 is 0. The van der Waals surface area contributed by atoms with Crippen molar-refractivity contribution in [3.8, 4) is 5.75 Å². The number of ether oxygens (including phenoxy) is 1. The minimum Gasteiger partial charge on any atom is -0.490 e. The molecule has 0 unspecified atom stereocenters. The van der Waals surface area contributed by atoms with Crippen LogP contribution in [0.15, 0.2) is 67.3 Å². The Balaban J connectivity index is 1.68. The van der Waals surface area contributed by atoms with Crippen LogP contribution in [-0.4, -0.2) is 29.4 Å². The summed E-state index contributed by atoms with van der Waals surface area (Å²) in [5.74, 6) is 0.765. The van der Waals surface area contributed by atoms with E-state index in [-0.39, 0.29) is 5.91 Å². The molecule has 1 aromatic heterocycles. The van der Waals surface area contributed by atoms with Gasteiger partial charge in [0.15, 0.2) is 0 Å². The van der Waals surface area contributed by atoms with E-state index < -0.39 is 0 Å². The first-order chi connectivity index (χ1) is 11.7. The van der Waals surface area contributed by atoms with Crippen molar-refractivity contribution in [3.05, 3.63) is 78.5 Å². The Morgan fingerprint density at radius 3 is 2.67 bits per heavy atom. The molecule has 2 aromatic carbocycles. The van der Waals surface area contributed by atoms with E-state index in [1.54, 1.807) is 18.0 Å². The molecule has 24 heavy (non-hydrogen) atoms. The largest absolute Gasteiger partial charge is 0.490 e. The van der Waals surface area contributed by atoms with E-state index in [9.17, 15) is 4.79 Å². The fourth-order valence-corrected chi connectivity index (χ4v) is 2.59. The highest BCUT2D eigenvalue weighted by atomic mass is 16.5. The number of carbonyl (C=O) groups excluding carboxylic acids is 1. The van der Waals surface area contributed by atoms with Crippen molar-refractivity contribution in [1.82, 2.24) is 9.88 Å². The average Bonchev–Trinajstić information content (AvgIpc) is 3.04. The van der Waals surface area contributed by atoms with Crippen LogP contribution in [0, 0.1) is 0 Å². The van der Waals surface area contributed by atoms with Crippen LogP contribution in [0.4, 0.5) is 0 Å². The second-order valence-electron chi connectivity index (χ2n) is 5.68. The Kier molecular flexibility index (Phi) is 4.66. The lowest BCUT2D eigenvalue weighted by atomic mass is 10.2. The maximum absolute atomic E-state index is 12.6. The van der Waals surface area contributed by atoms with Crippen molar-refractivity contribution in [3.63, 3.8) is 0 Å². The summed E-state index contributed by atoms with van der Waals surface area (Å²) in [7, 11) is 1.80. The molecule has 1 amide bonds. The SMILES string of the molecule is C=CCOc1ccc(CN(C)C(=O)c2cc3ccccc3[nH]2)cc1. The quantitative estimate of drug-likeness (QED) is 0.698. The predicted molar refractivity (Wildman–Crippen MR) is 96.2 cm³/mol. The number of rotatable bonds is 6. The highest BCUT2D eigenvalue weighted by Crippen LogP contribution is 2.17. The molecule has 1 heterocycles. The molecule has 0 saturated heterocycles. The van der Waals surface area contributed by atoms with E-state index in [1.165, 1.54) is 0 Å². The van der Waals surface area contributed by atoms with E-state index in [4.69, 9.17) is 4.74 Å². The number of benzene rings is 2. The molecule has 0 radical (unpaired) electrons. The summed E-state index contributed by atoms with van der Waals surface area (Å²) in [6.07, 6.45) is 1.71. The highest BCUT2D eigenvalue weighted by molar-refractivity contribution is 5.97. The molecule has 3 rings (SSSR count). The molecule has 4 heteroatoms. The summed E-state index contributed by atoms with van der Waals surface area (Å²) in [6.45, 7) is 4.65. The summed E-state index contributed by atoms with van der Waals surface area (Å²) < 4.78 is 5.46. The molecular formula is C20H20N2O2. The molecular weight excluding hydrogens is 300 g/mol. The van der Waals surface area contributed by atoms with Crippen LogP contribution in [0.2, 0.25) is 0 Å². The molecule has 0 fully saturated rings. The smallest absolute Gasteiger partial charge is 0.270 e. The van der Waals surface area contributed by atoms with Gasteiger partial charge >= 0.3 is 0 Å². The Morgan fingerprint density at radius 1 is 1.21 bits per heavy atom. The second kappa shape index (κ2) is 7.04. The zero-order chi connectivity index (χ0) is 16.9. The van der Waals surface area contributed by atoms with Crippen molar-refractivity contribution in [2.45, 2.75) is 6.54 Å². The van der Waals surface area contributed by atoms with Gasteiger partial charge in [-0.3, -0.25) is 4.79 Å². The van der Waals surface area contributed by atoms with Gasteiger partial charge in [-0.1, -0.05) is 43.0 Å². The summed E-state index contributed by atoms with van der Waals surface area (Å²) in [5, 5.41) is 1.04. The van der Waals surface area contributed by atoms with Gasteiger partial charge in [0.05, 0.1) is 0 Å². The van der Waals surface area contributed by atoms with E-state index in [1.807, 2.05) is 54.6 Å². The number of hydrogen-bond donors (Lipinski definition) is 1. The van der Waals surface area contributed by atoms with Crippen molar-refractivity contribution < 1.29 is 9.53 Å². The molecule has 4 nitrogen and oxygen atoms in total. The third kappa shape index (κ3) is 3.49. The van der Waals surface area contributed by atoms with Crippen molar-refractivity contribution in [2.24, 2.45) is 0 Å². The van der Waals surface area contributed by atoms with Gasteiger partial charge in [0.1, 0.15) is 18.1 Å². The number of hydrogen-bond acceptors (Lipinski definition) is 2. The molecule has 0 aliphatic carbocycles. The fourth-order valence-electron chi connectivity index (χ4n) is 2.59. The van der Waals surface area contributed by atoms with Gasteiger partial charge in [-0.05, 0) is 29.8 Å². The average molecular weight is 320 g/mol. The van der Waals surface area contributed by atoms with Crippen molar-refractivity contribution >= 4 is 16.8 Å². The van der Waals surface area contributed by atoms with E-state index in [0.717, 1.165) is 22.2 Å². The van der Waals surface area contributed by atoms with Gasteiger partial charge in [0, 0.05) is 24.5 Å². The minimum atomic E-state index is -0.0295. The number of H-pyrrole nitrogens is 1. The number of carbonyl (C=O) groups is 1. The van der Waals surface area contributed by atoms with E-state index in [0.29, 0.717) is 18.8 Å². The normalized spacial score (nSPS) is 10.5. The predicted octanol–water partition coefficient (Wildman–Crippen LogP) is 4.00. The van der Waals surface area contributed by atoms with Crippen LogP contribution in [0.5, 0.6) is 5.75 Å². The number of fused-ring (bicyclic) bond motifs is 1. The summed E-state index contributed by atoms with van der Waals surface area (Å²) in [5.41, 5.74) is 2.62. The van der Waals surface area contributed by atoms with Gasteiger partial charge in [-0.25, -0.2) is 0 Å². The Labute approximate surface area is 141 Å². The van der Waals surface area contributed by atoms with Gasteiger partial charge in [-0.2, -0.15) is 0 Å². The van der Waals surface area contributed by atoms with Crippen molar-refractivity contribution in [1.29, 1.82) is 0 Å². The first-order valence-electron chi connectivity index (χ1n) is 7.83. The van der Waals surface area contributed by atoms with Gasteiger partial charge in [0.2, 0.25) is 0 Å². The molecule has 0 aliphatic heterocycles. The van der Waals surface area contributed by atoms with Crippen molar-refractivity contribution in [2.75, 3.05) is 13.7 Å². The van der Waals surface area contributed by atoms with E-state index >= 15 is 0 Å². The highest BCUT2D eigenvalue weighted by Gasteiger charge is 2.14. The Morgan fingerprint density at radius 2 is 1.96 bits per heavy atom. The summed E-state index contributed by atoms with van der Waals surface area (Å²) in [6, 6.07) is 17.5. The number of para-hydroxylation sites is 1. The number of aromatic amines is 1. The lowest BCUT2D eigenvalue weighted by molar-refractivity contribution is 0.0780. The molecule has 122 valence electrons. The van der Waals surface area contributed by atoms with Crippen LogP contribution in [0.25, 0.3) is 10.9 Å². The standard InChI is InChI=1S/C20H20N2O2/c1-3-12-24-17-10-8-15(9-11-17)14-22(2)20(23)19-13-16-6-4-5-7-18(16)21-19/h3-11,13,21H,1,12,14H2,2H3. The van der Waals surface area contributed by atoms with Gasteiger partial charge < -0.3 is 14.6 Å². The first-order valence-corrected chi connectivity index (χ1v) is 7.83. The number of amides is 1. The van der Waals surface area contributed by atoms with Crippen LogP contribution >= 0.6 is 0 Å². The Hall–Kier alpha value is -3.01. The minimum absolute atomic E-state index is 0.0295. The van der Waals surface area contributed by atoms with Crippen LogP contribution in [0.1, 0.15) is 16.1 Å². The fraction of sp³-hybridized carbons (Fsp3) is 0.150. The number of nitrogens with zero attached hydrogens (tertiary/aromatic N) is 1. The van der Waals surface area contributed by atoms with E-state index in [2.05, 4.69) is 11.6 Å². The first kappa shape index (κ1) is 15.9. The monoisotopic (exact) mass is 320 g/mol. The third-order valence-electron chi connectivity index (χ3n) is 3.82. The molecule has 1 N–H and O–H groups in total. The third-order valence-corrected chi connectivity index (χ3v) is 3.82. The lowest BCUT2D eigenvalue weighted by Crippen LogP contribution is -2.26. The molecule has 0 saturated carbocycles. The van der Waals surface area contributed by atoms with Gasteiger partial charge in [0.25, 0.3) is 5.91 Å². The zero-order valence-electron chi connectivity index (χ0n) is 13.7. The second-order valence-corrected chi connectivity index (χ2v) is 5.68. The molecule has 0 bridgehead atoms. The van der Waals surface area contributed by atoms with Crippen LogP contribution < -0.4 is 4.74 Å². The maximum atomic E-state index is 12.6. The maximum Gasteiger partial charge on any atom is 0.270 e. The lowest BCUT2D eigenvalue weighted by Gasteiger charge is -2.16. The molecule has 0 spiro atoms. The number of aromatic nitrogens is 1. The summed E-state index contributed by atoms with van der Waals surface area (Å²) in [4.78, 5) is 17.5. The Bertz CT molecular complexity index is 816. The van der Waals surface area contributed by atoms with Crippen LogP contribution in [0.3, 0.4) is 0 Å². The van der Waals surface area contributed by atoms with Gasteiger partial charge in [-0.15, -0.1) is 0 Å². The molecule has 0 aliphatic rings. The topological polar surface area (TPSA) is 45.3 Å². The van der Waals surface area contributed by atoms with Crippen LogP contribution in [-0.2, 0) is 6.54 Å². The number of nitrogens with one attached hydrogen (secondary N) is 1. The molecule has 0 atom stereocenters. The zero-order valence-corrected chi connectivity index (χ0v) is 13.7. The molecule has 3 aromatic rings.